The third-order valence-corrected chi connectivity index (χ3v) is 4.45. The van der Waals surface area contributed by atoms with Crippen molar-refractivity contribution in [1.82, 2.24) is 9.97 Å². The van der Waals surface area contributed by atoms with Gasteiger partial charge in [-0.3, -0.25) is 9.59 Å². The first-order valence-corrected chi connectivity index (χ1v) is 8.65. The normalized spacial score (nSPS) is 10.7. The van der Waals surface area contributed by atoms with E-state index in [0.717, 1.165) is 12.1 Å². The molecule has 0 saturated carbocycles. The van der Waals surface area contributed by atoms with E-state index in [1.807, 2.05) is 30.3 Å². The Morgan fingerprint density at radius 1 is 1.17 bits per heavy atom. The van der Waals surface area contributed by atoms with E-state index in [1.165, 1.54) is 17.3 Å². The van der Waals surface area contributed by atoms with Crippen molar-refractivity contribution in [2.24, 2.45) is 0 Å². The van der Waals surface area contributed by atoms with Crippen molar-refractivity contribution in [3.05, 3.63) is 64.4 Å². The summed E-state index contributed by atoms with van der Waals surface area (Å²) in [7, 11) is 0. The third-order valence-electron chi connectivity index (χ3n) is 3.58. The van der Waals surface area contributed by atoms with Crippen LogP contribution in [-0.4, -0.2) is 21.6 Å². The minimum Gasteiger partial charge on any atom is -0.325 e. The summed E-state index contributed by atoms with van der Waals surface area (Å²) in [4.78, 5) is 31.1. The number of thioether (sulfide) groups is 1. The molecule has 0 saturated heterocycles. The summed E-state index contributed by atoms with van der Waals surface area (Å²) in [6.45, 7) is 2.08. The number of aromatic nitrogens is 2. The number of nitrogens with one attached hydrogen (secondary N) is 2. The molecule has 0 unspecified atom stereocenters. The standard InChI is InChI=1S/C18H17N3O2S/c1-2-12-7-9-13(10-8-12)19-16(22)11-24-18-20-15-6-4-3-5-14(15)17(23)21-18/h3-10H,2,11H2,1H3,(H,19,22)(H,20,21,23). The first-order chi connectivity index (χ1) is 11.7. The van der Waals surface area contributed by atoms with Gasteiger partial charge in [0, 0.05) is 5.69 Å². The van der Waals surface area contributed by atoms with Crippen molar-refractivity contribution in [2.45, 2.75) is 18.5 Å². The number of benzene rings is 2. The molecule has 0 aliphatic carbocycles. The second kappa shape index (κ2) is 7.31. The predicted octanol–water partition coefficient (Wildman–Crippen LogP) is 3.22. The van der Waals surface area contributed by atoms with Gasteiger partial charge in [0.05, 0.1) is 16.7 Å². The van der Waals surface area contributed by atoms with Crippen LogP contribution < -0.4 is 10.9 Å². The molecule has 0 fully saturated rings. The molecule has 0 bridgehead atoms. The zero-order valence-corrected chi connectivity index (χ0v) is 14.0. The average Bonchev–Trinajstić information content (AvgIpc) is 2.61. The van der Waals surface area contributed by atoms with Crippen LogP contribution in [0.4, 0.5) is 5.69 Å². The van der Waals surface area contributed by atoms with Gasteiger partial charge in [0.25, 0.3) is 5.56 Å². The number of aryl methyl sites for hydroxylation is 1. The van der Waals surface area contributed by atoms with E-state index in [2.05, 4.69) is 22.2 Å². The first-order valence-electron chi connectivity index (χ1n) is 7.66. The van der Waals surface area contributed by atoms with Crippen LogP contribution in [0.25, 0.3) is 10.9 Å². The Morgan fingerprint density at radius 2 is 1.92 bits per heavy atom. The summed E-state index contributed by atoms with van der Waals surface area (Å²) < 4.78 is 0. The predicted molar refractivity (Wildman–Crippen MR) is 97.5 cm³/mol. The Morgan fingerprint density at radius 3 is 2.67 bits per heavy atom. The van der Waals surface area contributed by atoms with E-state index in [0.29, 0.717) is 16.1 Å². The highest BCUT2D eigenvalue weighted by atomic mass is 32.2. The van der Waals surface area contributed by atoms with Crippen LogP contribution in [0.3, 0.4) is 0 Å². The average molecular weight is 339 g/mol. The highest BCUT2D eigenvalue weighted by molar-refractivity contribution is 7.99. The van der Waals surface area contributed by atoms with Crippen molar-refractivity contribution in [3.8, 4) is 0 Å². The fraction of sp³-hybridized carbons (Fsp3) is 0.167. The molecule has 5 nitrogen and oxygen atoms in total. The lowest BCUT2D eigenvalue weighted by atomic mass is 10.1. The maximum absolute atomic E-state index is 12.0. The molecular formula is C18H17N3O2S. The van der Waals surface area contributed by atoms with Crippen molar-refractivity contribution >= 4 is 34.3 Å². The molecule has 3 rings (SSSR count). The molecule has 3 aromatic rings. The van der Waals surface area contributed by atoms with E-state index >= 15 is 0 Å². The number of carbonyl (C=O) groups excluding carboxylic acids is 1. The number of hydrogen-bond acceptors (Lipinski definition) is 4. The number of H-pyrrole nitrogens is 1. The van der Waals surface area contributed by atoms with Gasteiger partial charge in [0.2, 0.25) is 5.91 Å². The third kappa shape index (κ3) is 3.83. The number of aromatic amines is 1. The number of fused-ring (bicyclic) bond motifs is 1. The van der Waals surface area contributed by atoms with Crippen LogP contribution in [0.5, 0.6) is 0 Å². The van der Waals surface area contributed by atoms with Gasteiger partial charge >= 0.3 is 0 Å². The fourth-order valence-corrected chi connectivity index (χ4v) is 2.96. The van der Waals surface area contributed by atoms with Crippen molar-refractivity contribution < 1.29 is 4.79 Å². The van der Waals surface area contributed by atoms with E-state index in [9.17, 15) is 9.59 Å². The molecule has 6 heteroatoms. The Kier molecular flexibility index (Phi) is 4.96. The molecule has 1 heterocycles. The first kappa shape index (κ1) is 16.3. The Balaban J connectivity index is 1.64. The van der Waals surface area contributed by atoms with Gasteiger partial charge in [-0.15, -0.1) is 0 Å². The molecule has 0 atom stereocenters. The molecule has 24 heavy (non-hydrogen) atoms. The minimum absolute atomic E-state index is 0.139. The highest BCUT2D eigenvalue weighted by Crippen LogP contribution is 2.16. The van der Waals surface area contributed by atoms with Crippen LogP contribution in [0.1, 0.15) is 12.5 Å². The van der Waals surface area contributed by atoms with Crippen LogP contribution in [0.2, 0.25) is 0 Å². The van der Waals surface area contributed by atoms with Gasteiger partial charge in [-0.2, -0.15) is 0 Å². The molecule has 0 aliphatic heterocycles. The SMILES string of the molecule is CCc1ccc(NC(=O)CSc2nc3ccccc3c(=O)[nH]2)cc1. The second-order valence-corrected chi connectivity index (χ2v) is 6.24. The van der Waals surface area contributed by atoms with Crippen molar-refractivity contribution in [2.75, 3.05) is 11.1 Å². The second-order valence-electron chi connectivity index (χ2n) is 5.28. The summed E-state index contributed by atoms with van der Waals surface area (Å²) in [5.74, 6) is 0.0386. The van der Waals surface area contributed by atoms with Gasteiger partial charge in [-0.05, 0) is 36.2 Å². The monoisotopic (exact) mass is 339 g/mol. The number of rotatable bonds is 5. The lowest BCUT2D eigenvalue weighted by Gasteiger charge is -2.06. The number of anilines is 1. The van der Waals surface area contributed by atoms with Crippen molar-refractivity contribution in [1.29, 1.82) is 0 Å². The van der Waals surface area contributed by atoms with Crippen LogP contribution >= 0.6 is 11.8 Å². The van der Waals surface area contributed by atoms with Gasteiger partial charge < -0.3 is 10.3 Å². The molecule has 1 aromatic heterocycles. The van der Waals surface area contributed by atoms with Gasteiger partial charge in [-0.1, -0.05) is 43.0 Å². The molecule has 2 N–H and O–H groups in total. The smallest absolute Gasteiger partial charge is 0.259 e. The molecule has 0 spiro atoms. The Labute approximate surface area is 143 Å². The van der Waals surface area contributed by atoms with E-state index < -0.39 is 0 Å². The lowest BCUT2D eigenvalue weighted by Crippen LogP contribution is -2.15. The summed E-state index contributed by atoms with van der Waals surface area (Å²) in [5, 5.41) is 3.82. The number of para-hydroxylation sites is 1. The summed E-state index contributed by atoms with van der Waals surface area (Å²) >= 11 is 1.21. The maximum atomic E-state index is 12.0. The quantitative estimate of drug-likeness (QED) is 0.553. The largest absolute Gasteiger partial charge is 0.325 e. The molecule has 1 amide bonds. The van der Waals surface area contributed by atoms with E-state index in [-0.39, 0.29) is 17.2 Å². The molecule has 0 aliphatic rings. The molecule has 122 valence electrons. The van der Waals surface area contributed by atoms with Gasteiger partial charge in [-0.25, -0.2) is 4.98 Å². The van der Waals surface area contributed by atoms with E-state index in [1.54, 1.807) is 18.2 Å². The number of carbonyl (C=O) groups is 1. The Bertz CT molecular complexity index is 919. The highest BCUT2D eigenvalue weighted by Gasteiger charge is 2.07. The number of nitrogens with zero attached hydrogens (tertiary/aromatic N) is 1. The molecular weight excluding hydrogens is 322 g/mol. The zero-order chi connectivity index (χ0) is 16.9. The summed E-state index contributed by atoms with van der Waals surface area (Å²) in [6, 6.07) is 14.9. The van der Waals surface area contributed by atoms with Gasteiger partial charge in [0.15, 0.2) is 5.16 Å². The molecule has 0 radical (unpaired) electrons. The van der Waals surface area contributed by atoms with E-state index in [4.69, 9.17) is 0 Å². The zero-order valence-electron chi connectivity index (χ0n) is 13.2. The van der Waals surface area contributed by atoms with Crippen LogP contribution in [0.15, 0.2) is 58.5 Å². The minimum atomic E-state index is -0.196. The van der Waals surface area contributed by atoms with Crippen LogP contribution in [0, 0.1) is 0 Å². The number of amides is 1. The Hall–Kier alpha value is -2.60. The van der Waals surface area contributed by atoms with Crippen molar-refractivity contribution in [3.63, 3.8) is 0 Å². The fourth-order valence-electron chi connectivity index (χ4n) is 2.29. The molecule has 2 aromatic carbocycles. The topological polar surface area (TPSA) is 74.8 Å². The lowest BCUT2D eigenvalue weighted by molar-refractivity contribution is -0.113. The number of hydrogen-bond donors (Lipinski definition) is 2. The van der Waals surface area contributed by atoms with Crippen LogP contribution in [-0.2, 0) is 11.2 Å². The maximum Gasteiger partial charge on any atom is 0.259 e. The summed E-state index contributed by atoms with van der Waals surface area (Å²) in [6.07, 6.45) is 0.963. The van der Waals surface area contributed by atoms with Gasteiger partial charge in [0.1, 0.15) is 0 Å². The summed E-state index contributed by atoms with van der Waals surface area (Å²) in [5.41, 5.74) is 2.41.